The second kappa shape index (κ2) is 5.00. The summed E-state index contributed by atoms with van der Waals surface area (Å²) in [4.78, 5) is 30.7. The van der Waals surface area contributed by atoms with Crippen molar-refractivity contribution in [3.8, 4) is 11.8 Å². The molecule has 0 bridgehead atoms. The molecule has 2 aliphatic rings. The third-order valence-electron chi connectivity index (χ3n) is 3.85. The first-order chi connectivity index (χ1) is 9.61. The highest BCUT2D eigenvalue weighted by Crippen LogP contribution is 2.44. The average molecular weight is 290 g/mol. The Morgan fingerprint density at radius 3 is 2.65 bits per heavy atom. The Hall–Kier alpha value is -1.71. The molecule has 1 aliphatic heterocycles. The summed E-state index contributed by atoms with van der Waals surface area (Å²) in [5.74, 6) is 5.09. The van der Waals surface area contributed by atoms with Crippen molar-refractivity contribution in [2.24, 2.45) is 17.8 Å². The Bertz CT molecular complexity index is 604. The topological polar surface area (TPSA) is 70.5 Å². The van der Waals surface area contributed by atoms with E-state index < -0.39 is 0 Å². The number of amides is 2. The van der Waals surface area contributed by atoms with Crippen LogP contribution in [0.25, 0.3) is 0 Å². The molecule has 104 valence electrons. The summed E-state index contributed by atoms with van der Waals surface area (Å²) in [5.41, 5.74) is 0. The standard InChI is InChI=1S/C14H14N2O3S/c1-8-5-10-11(6-8)13(19)16(12(10)18)14-15-7-9(20-14)3-2-4-17/h7-8,10-11,17H,4-6H2,1H3. The maximum atomic E-state index is 12.4. The Morgan fingerprint density at radius 1 is 1.40 bits per heavy atom. The van der Waals surface area contributed by atoms with E-state index >= 15 is 0 Å². The SMILES string of the molecule is CC1CC2C(=O)N(c3ncc(C#CCO)s3)C(=O)C2C1. The van der Waals surface area contributed by atoms with Crippen molar-refractivity contribution < 1.29 is 14.7 Å². The zero-order valence-corrected chi connectivity index (χ0v) is 11.8. The minimum Gasteiger partial charge on any atom is -0.384 e. The lowest BCUT2D eigenvalue weighted by Gasteiger charge is -2.12. The van der Waals surface area contributed by atoms with Crippen molar-refractivity contribution in [1.29, 1.82) is 0 Å². The van der Waals surface area contributed by atoms with Gasteiger partial charge in [-0.05, 0) is 18.8 Å². The van der Waals surface area contributed by atoms with E-state index in [1.807, 2.05) is 0 Å². The molecule has 1 aliphatic carbocycles. The number of aromatic nitrogens is 1. The molecular weight excluding hydrogens is 276 g/mol. The molecule has 5 nitrogen and oxygen atoms in total. The lowest BCUT2D eigenvalue weighted by atomic mass is 10.00. The second-order valence-electron chi connectivity index (χ2n) is 5.27. The first-order valence-electron chi connectivity index (χ1n) is 6.55. The fourth-order valence-corrected chi connectivity index (χ4v) is 3.82. The first kappa shape index (κ1) is 13.3. The summed E-state index contributed by atoms with van der Waals surface area (Å²) in [5, 5.41) is 9.05. The quantitative estimate of drug-likeness (QED) is 0.619. The molecule has 0 spiro atoms. The maximum Gasteiger partial charge on any atom is 0.239 e. The minimum absolute atomic E-state index is 0.125. The minimum atomic E-state index is -0.225. The average Bonchev–Trinajstić information content (AvgIpc) is 3.07. The van der Waals surface area contributed by atoms with Gasteiger partial charge in [-0.2, -0.15) is 0 Å². The van der Waals surface area contributed by atoms with Crippen molar-refractivity contribution in [1.82, 2.24) is 4.98 Å². The highest BCUT2D eigenvalue weighted by Gasteiger charge is 2.52. The molecule has 2 fully saturated rings. The lowest BCUT2D eigenvalue weighted by Crippen LogP contribution is -2.31. The molecule has 1 saturated heterocycles. The van der Waals surface area contributed by atoms with Crippen molar-refractivity contribution in [2.75, 3.05) is 11.5 Å². The van der Waals surface area contributed by atoms with Crippen LogP contribution in [0.15, 0.2) is 6.20 Å². The van der Waals surface area contributed by atoms with E-state index in [2.05, 4.69) is 23.7 Å². The highest BCUT2D eigenvalue weighted by atomic mass is 32.1. The van der Waals surface area contributed by atoms with Gasteiger partial charge in [-0.15, -0.1) is 0 Å². The molecular formula is C14H14N2O3S. The van der Waals surface area contributed by atoms with Gasteiger partial charge in [0.25, 0.3) is 0 Å². The van der Waals surface area contributed by atoms with Crippen molar-refractivity contribution in [3.05, 3.63) is 11.1 Å². The number of hydrogen-bond donors (Lipinski definition) is 1. The van der Waals surface area contributed by atoms with Crippen LogP contribution in [0.3, 0.4) is 0 Å². The third-order valence-corrected chi connectivity index (χ3v) is 4.75. The van der Waals surface area contributed by atoms with E-state index in [1.54, 1.807) is 0 Å². The molecule has 20 heavy (non-hydrogen) atoms. The van der Waals surface area contributed by atoms with Crippen LogP contribution in [0.1, 0.15) is 24.6 Å². The second-order valence-corrected chi connectivity index (χ2v) is 6.28. The van der Waals surface area contributed by atoms with Crippen LogP contribution in [-0.4, -0.2) is 28.5 Å². The predicted octanol–water partition coefficient (Wildman–Crippen LogP) is 1.02. The molecule has 1 N–H and O–H groups in total. The number of hydrogen-bond acceptors (Lipinski definition) is 5. The summed E-state index contributed by atoms with van der Waals surface area (Å²) in [6.45, 7) is 1.85. The summed E-state index contributed by atoms with van der Waals surface area (Å²) in [7, 11) is 0. The van der Waals surface area contributed by atoms with Crippen LogP contribution < -0.4 is 4.90 Å². The molecule has 0 radical (unpaired) electrons. The first-order valence-corrected chi connectivity index (χ1v) is 7.37. The van der Waals surface area contributed by atoms with Crippen LogP contribution >= 0.6 is 11.3 Å². The molecule has 2 unspecified atom stereocenters. The fourth-order valence-electron chi connectivity index (χ4n) is 3.02. The van der Waals surface area contributed by atoms with Gasteiger partial charge in [-0.3, -0.25) is 9.59 Å². The van der Waals surface area contributed by atoms with Gasteiger partial charge in [-0.25, -0.2) is 9.88 Å². The number of thiazole rings is 1. The smallest absolute Gasteiger partial charge is 0.239 e. The Morgan fingerprint density at radius 2 is 2.05 bits per heavy atom. The summed E-state index contributed by atoms with van der Waals surface area (Å²) < 4.78 is 0. The van der Waals surface area contributed by atoms with Crippen LogP contribution in [0.4, 0.5) is 5.13 Å². The van der Waals surface area contributed by atoms with E-state index in [-0.39, 0.29) is 30.3 Å². The molecule has 6 heteroatoms. The number of carbonyl (C=O) groups is 2. The van der Waals surface area contributed by atoms with Gasteiger partial charge in [0.1, 0.15) is 6.61 Å². The molecule has 1 aromatic heterocycles. The normalized spacial score (nSPS) is 28.5. The Kier molecular flexibility index (Phi) is 3.32. The van der Waals surface area contributed by atoms with Crippen LogP contribution in [0, 0.1) is 29.6 Å². The number of nitrogens with zero attached hydrogens (tertiary/aromatic N) is 2. The number of imide groups is 1. The van der Waals surface area contributed by atoms with Crippen LogP contribution in [0.5, 0.6) is 0 Å². The van der Waals surface area contributed by atoms with Crippen LogP contribution in [-0.2, 0) is 9.59 Å². The summed E-state index contributed by atoms with van der Waals surface area (Å²) in [6.07, 6.45) is 3.10. The monoisotopic (exact) mass is 290 g/mol. The molecule has 3 rings (SSSR count). The number of carbonyl (C=O) groups excluding carboxylic acids is 2. The van der Waals surface area contributed by atoms with Crippen molar-refractivity contribution >= 4 is 28.3 Å². The van der Waals surface area contributed by atoms with Gasteiger partial charge in [0.2, 0.25) is 11.8 Å². The van der Waals surface area contributed by atoms with Gasteiger partial charge in [-0.1, -0.05) is 30.1 Å². The number of fused-ring (bicyclic) bond motifs is 1. The number of anilines is 1. The van der Waals surface area contributed by atoms with E-state index in [0.29, 0.717) is 15.9 Å². The largest absolute Gasteiger partial charge is 0.384 e. The lowest BCUT2D eigenvalue weighted by molar-refractivity contribution is -0.123. The van der Waals surface area contributed by atoms with E-state index in [0.717, 1.165) is 12.8 Å². The summed E-state index contributed by atoms with van der Waals surface area (Å²) in [6, 6.07) is 0. The third kappa shape index (κ3) is 2.03. The molecule has 1 saturated carbocycles. The Labute approximate surface area is 120 Å². The fraction of sp³-hybridized carbons (Fsp3) is 0.500. The molecule has 2 heterocycles. The van der Waals surface area contributed by atoms with Gasteiger partial charge in [0.05, 0.1) is 22.9 Å². The maximum absolute atomic E-state index is 12.4. The highest BCUT2D eigenvalue weighted by molar-refractivity contribution is 7.16. The molecule has 1 aromatic rings. The zero-order chi connectivity index (χ0) is 14.3. The van der Waals surface area contributed by atoms with E-state index in [4.69, 9.17) is 5.11 Å². The zero-order valence-electron chi connectivity index (χ0n) is 11.0. The van der Waals surface area contributed by atoms with Gasteiger partial charge in [0, 0.05) is 0 Å². The predicted molar refractivity (Wildman–Crippen MR) is 73.9 cm³/mol. The van der Waals surface area contributed by atoms with Crippen LogP contribution in [0.2, 0.25) is 0 Å². The van der Waals surface area contributed by atoms with Gasteiger partial charge < -0.3 is 5.11 Å². The van der Waals surface area contributed by atoms with E-state index in [9.17, 15) is 9.59 Å². The van der Waals surface area contributed by atoms with Gasteiger partial charge >= 0.3 is 0 Å². The Balaban J connectivity index is 1.86. The molecule has 2 atom stereocenters. The molecule has 2 amide bonds. The van der Waals surface area contributed by atoms with E-state index in [1.165, 1.54) is 22.4 Å². The summed E-state index contributed by atoms with van der Waals surface area (Å²) >= 11 is 1.21. The number of aliphatic hydroxyl groups excluding tert-OH is 1. The molecule has 0 aromatic carbocycles. The van der Waals surface area contributed by atoms with Crippen molar-refractivity contribution in [3.63, 3.8) is 0 Å². The number of rotatable bonds is 1. The van der Waals surface area contributed by atoms with Crippen molar-refractivity contribution in [2.45, 2.75) is 19.8 Å². The number of aliphatic hydroxyl groups is 1. The van der Waals surface area contributed by atoms with Gasteiger partial charge in [0.15, 0.2) is 5.13 Å².